The maximum absolute atomic E-state index is 9.85. The second-order valence-corrected chi connectivity index (χ2v) is 3.29. The first-order chi connectivity index (χ1) is 4.31. The molecule has 0 aromatic heterocycles. The molecule has 0 aromatic rings. The lowest BCUT2D eigenvalue weighted by molar-refractivity contribution is -0.105. The lowest BCUT2D eigenvalue weighted by Crippen LogP contribution is -1.96. The van der Waals surface area contributed by atoms with Crippen molar-refractivity contribution in [3.8, 4) is 0 Å². The van der Waals surface area contributed by atoms with Crippen LogP contribution in [0.15, 0.2) is 0 Å². The van der Waals surface area contributed by atoms with E-state index in [9.17, 15) is 4.79 Å². The molecule has 0 rings (SSSR count). The van der Waals surface area contributed by atoms with Crippen molar-refractivity contribution in [2.45, 2.75) is 20.3 Å². The van der Waals surface area contributed by atoms with Crippen molar-refractivity contribution in [1.29, 1.82) is 0 Å². The molecule has 0 N–H and O–H groups in total. The predicted octanol–water partition coefficient (Wildman–Crippen LogP) is 1.96. The molecule has 0 fully saturated rings. The van der Waals surface area contributed by atoms with Gasteiger partial charge in [0.05, 0.1) is 0 Å². The van der Waals surface area contributed by atoms with Crippen molar-refractivity contribution in [1.82, 2.24) is 0 Å². The molecule has 54 valence electrons. The van der Waals surface area contributed by atoms with Gasteiger partial charge in [0, 0.05) is 5.75 Å². The Hall–Kier alpha value is 0.0200. The molecule has 0 saturated heterocycles. The van der Waals surface area contributed by atoms with Gasteiger partial charge in [-0.3, -0.25) is 0 Å². The van der Waals surface area contributed by atoms with Crippen molar-refractivity contribution in [2.75, 3.05) is 11.5 Å². The Morgan fingerprint density at radius 1 is 1.67 bits per heavy atom. The van der Waals surface area contributed by atoms with Crippen LogP contribution in [0, 0.1) is 5.92 Å². The van der Waals surface area contributed by atoms with Gasteiger partial charge < -0.3 is 4.79 Å². The Kier molecular flexibility index (Phi) is 6.16. The molecule has 0 spiro atoms. The maximum Gasteiger partial charge on any atom is 0.129 e. The van der Waals surface area contributed by atoms with Crippen LogP contribution in [0.3, 0.4) is 0 Å². The minimum atomic E-state index is 0.657. The first-order valence-corrected chi connectivity index (χ1v) is 4.48. The SMILES string of the molecule is CCC(C)CSCC=O. The minimum absolute atomic E-state index is 0.657. The second-order valence-electron chi connectivity index (χ2n) is 2.22. The van der Waals surface area contributed by atoms with Gasteiger partial charge in [-0.15, -0.1) is 0 Å². The van der Waals surface area contributed by atoms with Crippen LogP contribution in [0.2, 0.25) is 0 Å². The topological polar surface area (TPSA) is 17.1 Å². The molecular weight excluding hydrogens is 132 g/mol. The summed E-state index contributed by atoms with van der Waals surface area (Å²) in [7, 11) is 0. The molecule has 0 aliphatic carbocycles. The minimum Gasteiger partial charge on any atom is -0.302 e. The summed E-state index contributed by atoms with van der Waals surface area (Å²) < 4.78 is 0. The average molecular weight is 146 g/mol. The smallest absolute Gasteiger partial charge is 0.129 e. The van der Waals surface area contributed by atoms with E-state index >= 15 is 0 Å². The molecular formula is C7H14OS. The summed E-state index contributed by atoms with van der Waals surface area (Å²) in [6, 6.07) is 0. The Labute approximate surface area is 61.2 Å². The van der Waals surface area contributed by atoms with Crippen LogP contribution in [0.4, 0.5) is 0 Å². The van der Waals surface area contributed by atoms with Crippen LogP contribution < -0.4 is 0 Å². The zero-order valence-electron chi connectivity index (χ0n) is 6.09. The first kappa shape index (κ1) is 9.02. The average Bonchev–Trinajstić information content (AvgIpc) is 1.89. The van der Waals surface area contributed by atoms with Crippen LogP contribution in [-0.4, -0.2) is 17.8 Å². The van der Waals surface area contributed by atoms with Crippen LogP contribution in [0.25, 0.3) is 0 Å². The van der Waals surface area contributed by atoms with E-state index in [2.05, 4.69) is 13.8 Å². The third-order valence-electron chi connectivity index (χ3n) is 1.29. The van der Waals surface area contributed by atoms with Crippen molar-refractivity contribution in [3.63, 3.8) is 0 Å². The largest absolute Gasteiger partial charge is 0.302 e. The van der Waals surface area contributed by atoms with Gasteiger partial charge in [0.1, 0.15) is 6.29 Å². The number of hydrogen-bond acceptors (Lipinski definition) is 2. The van der Waals surface area contributed by atoms with Crippen LogP contribution in [-0.2, 0) is 4.79 Å². The van der Waals surface area contributed by atoms with E-state index in [-0.39, 0.29) is 0 Å². The summed E-state index contributed by atoms with van der Waals surface area (Å²) in [5, 5.41) is 0. The van der Waals surface area contributed by atoms with E-state index in [0.29, 0.717) is 5.75 Å². The molecule has 0 heterocycles. The zero-order valence-corrected chi connectivity index (χ0v) is 6.91. The molecule has 0 bridgehead atoms. The fourth-order valence-electron chi connectivity index (χ4n) is 0.435. The van der Waals surface area contributed by atoms with Gasteiger partial charge in [-0.05, 0) is 11.7 Å². The number of carbonyl (C=O) groups excluding carboxylic acids is 1. The first-order valence-electron chi connectivity index (χ1n) is 3.32. The monoisotopic (exact) mass is 146 g/mol. The number of aldehydes is 1. The molecule has 0 aliphatic heterocycles. The van der Waals surface area contributed by atoms with E-state index in [1.54, 1.807) is 11.8 Å². The Balaban J connectivity index is 2.96. The van der Waals surface area contributed by atoms with Crippen LogP contribution in [0.1, 0.15) is 20.3 Å². The number of carbonyl (C=O) groups is 1. The second kappa shape index (κ2) is 6.14. The summed E-state index contributed by atoms with van der Waals surface area (Å²) in [5.41, 5.74) is 0. The summed E-state index contributed by atoms with van der Waals surface area (Å²) >= 11 is 1.72. The summed E-state index contributed by atoms with van der Waals surface area (Å²) in [6.45, 7) is 4.38. The van der Waals surface area contributed by atoms with Gasteiger partial charge in [-0.1, -0.05) is 20.3 Å². The van der Waals surface area contributed by atoms with Crippen molar-refractivity contribution >= 4 is 18.0 Å². The maximum atomic E-state index is 9.85. The Morgan fingerprint density at radius 3 is 2.78 bits per heavy atom. The molecule has 0 amide bonds. The molecule has 2 heteroatoms. The fourth-order valence-corrected chi connectivity index (χ4v) is 1.31. The van der Waals surface area contributed by atoms with E-state index in [1.165, 1.54) is 6.42 Å². The molecule has 1 nitrogen and oxygen atoms in total. The van der Waals surface area contributed by atoms with Crippen LogP contribution in [0.5, 0.6) is 0 Å². The zero-order chi connectivity index (χ0) is 7.11. The van der Waals surface area contributed by atoms with Gasteiger partial charge >= 0.3 is 0 Å². The molecule has 0 aromatic carbocycles. The van der Waals surface area contributed by atoms with Gasteiger partial charge in [-0.2, -0.15) is 11.8 Å². The third-order valence-corrected chi connectivity index (χ3v) is 2.46. The van der Waals surface area contributed by atoms with Gasteiger partial charge in [0.15, 0.2) is 0 Å². The highest BCUT2D eigenvalue weighted by Crippen LogP contribution is 2.09. The van der Waals surface area contributed by atoms with E-state index in [4.69, 9.17) is 0 Å². The summed E-state index contributed by atoms with van der Waals surface area (Å²) in [6.07, 6.45) is 2.18. The highest BCUT2D eigenvalue weighted by atomic mass is 32.2. The molecule has 1 atom stereocenters. The van der Waals surface area contributed by atoms with Crippen LogP contribution >= 0.6 is 11.8 Å². The molecule has 9 heavy (non-hydrogen) atoms. The van der Waals surface area contributed by atoms with Crippen molar-refractivity contribution < 1.29 is 4.79 Å². The lowest BCUT2D eigenvalue weighted by atomic mass is 10.2. The van der Waals surface area contributed by atoms with E-state index in [1.807, 2.05) is 0 Å². The summed E-state index contributed by atoms with van der Waals surface area (Å²) in [4.78, 5) is 9.85. The highest BCUT2D eigenvalue weighted by molar-refractivity contribution is 7.99. The molecule has 0 saturated carbocycles. The molecule has 0 radical (unpaired) electrons. The lowest BCUT2D eigenvalue weighted by Gasteiger charge is -2.04. The molecule has 0 aliphatic rings. The number of rotatable bonds is 5. The summed E-state index contributed by atoms with van der Waals surface area (Å²) in [5.74, 6) is 2.54. The standard InChI is InChI=1S/C7H14OS/c1-3-7(2)6-9-5-4-8/h4,7H,3,5-6H2,1-2H3. The molecule has 1 unspecified atom stereocenters. The highest BCUT2D eigenvalue weighted by Gasteiger charge is 1.96. The van der Waals surface area contributed by atoms with Gasteiger partial charge in [0.25, 0.3) is 0 Å². The van der Waals surface area contributed by atoms with Gasteiger partial charge in [0.2, 0.25) is 0 Å². The number of hydrogen-bond donors (Lipinski definition) is 0. The number of thioether (sulfide) groups is 1. The normalized spacial score (nSPS) is 13.1. The van der Waals surface area contributed by atoms with Gasteiger partial charge in [-0.25, -0.2) is 0 Å². The van der Waals surface area contributed by atoms with E-state index < -0.39 is 0 Å². The van der Waals surface area contributed by atoms with Crippen molar-refractivity contribution in [3.05, 3.63) is 0 Å². The van der Waals surface area contributed by atoms with Crippen molar-refractivity contribution in [2.24, 2.45) is 5.92 Å². The predicted molar refractivity (Wildman–Crippen MR) is 42.8 cm³/mol. The third kappa shape index (κ3) is 5.90. The quantitative estimate of drug-likeness (QED) is 0.435. The van der Waals surface area contributed by atoms with E-state index in [0.717, 1.165) is 18.0 Å². The Morgan fingerprint density at radius 2 is 2.33 bits per heavy atom. The fraction of sp³-hybridized carbons (Fsp3) is 0.857. The Bertz CT molecular complexity index is 73.3.